The fraction of sp³-hybridized carbons (Fsp3) is 0.429. The highest BCUT2D eigenvalue weighted by atomic mass is 19.4. The molecule has 0 aliphatic rings. The molecule has 0 spiro atoms. The number of aromatic nitrogens is 2. The first kappa shape index (κ1) is 11.3. The minimum atomic E-state index is -4.70. The van der Waals surface area contributed by atoms with Crippen molar-refractivity contribution >= 4 is 5.95 Å². The van der Waals surface area contributed by atoms with Gasteiger partial charge in [0.15, 0.2) is 0 Å². The van der Waals surface area contributed by atoms with Gasteiger partial charge in [0.2, 0.25) is 11.8 Å². The molecule has 2 N–H and O–H groups in total. The Morgan fingerprint density at radius 1 is 1.60 bits per heavy atom. The first-order valence-electron chi connectivity index (χ1n) is 3.99. The molecule has 1 heterocycles. The standard InChI is InChI=1S/C7H8F3N3O2/c1-2-13-5(15)3-4(14)11-6(13)12-7(8,9)10/h3,14H,2H2,1H3,(H,11,12). The summed E-state index contributed by atoms with van der Waals surface area (Å²) in [6.45, 7) is 1.51. The third-order valence-corrected chi connectivity index (χ3v) is 1.56. The number of hydrogen-bond acceptors (Lipinski definition) is 4. The van der Waals surface area contributed by atoms with E-state index in [1.54, 1.807) is 0 Å². The van der Waals surface area contributed by atoms with Crippen LogP contribution in [-0.2, 0) is 6.54 Å². The summed E-state index contributed by atoms with van der Waals surface area (Å²) in [5, 5.41) is 9.95. The second kappa shape index (κ2) is 3.79. The summed E-state index contributed by atoms with van der Waals surface area (Å²) >= 11 is 0. The molecule has 0 unspecified atom stereocenters. The Morgan fingerprint density at radius 2 is 2.20 bits per heavy atom. The van der Waals surface area contributed by atoms with E-state index in [0.29, 0.717) is 0 Å². The van der Waals surface area contributed by atoms with Crippen LogP contribution in [0.1, 0.15) is 6.92 Å². The predicted molar refractivity (Wildman–Crippen MR) is 45.5 cm³/mol. The van der Waals surface area contributed by atoms with Crippen LogP contribution in [0.2, 0.25) is 0 Å². The van der Waals surface area contributed by atoms with Crippen molar-refractivity contribution in [3.8, 4) is 5.88 Å². The van der Waals surface area contributed by atoms with E-state index < -0.39 is 23.7 Å². The van der Waals surface area contributed by atoms with Crippen LogP contribution >= 0.6 is 0 Å². The van der Waals surface area contributed by atoms with Crippen LogP contribution in [0.25, 0.3) is 0 Å². The summed E-state index contributed by atoms with van der Waals surface area (Å²) in [7, 11) is 0. The number of anilines is 1. The highest BCUT2D eigenvalue weighted by molar-refractivity contribution is 5.30. The molecule has 0 saturated heterocycles. The summed E-state index contributed by atoms with van der Waals surface area (Å²) in [6.07, 6.45) is -4.70. The van der Waals surface area contributed by atoms with Gasteiger partial charge in [-0.15, -0.1) is 0 Å². The normalized spacial score (nSPS) is 11.5. The Morgan fingerprint density at radius 3 is 2.67 bits per heavy atom. The fourth-order valence-electron chi connectivity index (χ4n) is 1.02. The van der Waals surface area contributed by atoms with E-state index in [1.807, 2.05) is 0 Å². The SMILES string of the molecule is CCn1c(NC(F)(F)F)nc(O)cc1=O. The molecule has 1 rings (SSSR count). The zero-order valence-corrected chi connectivity index (χ0v) is 7.67. The van der Waals surface area contributed by atoms with Gasteiger partial charge in [0, 0.05) is 6.54 Å². The number of hydrogen-bond donors (Lipinski definition) is 2. The molecule has 0 saturated carbocycles. The van der Waals surface area contributed by atoms with E-state index in [0.717, 1.165) is 16.0 Å². The molecule has 0 bridgehead atoms. The van der Waals surface area contributed by atoms with Gasteiger partial charge in [-0.25, -0.2) is 0 Å². The molecule has 0 amide bonds. The lowest BCUT2D eigenvalue weighted by Gasteiger charge is -2.13. The van der Waals surface area contributed by atoms with E-state index in [-0.39, 0.29) is 6.54 Å². The van der Waals surface area contributed by atoms with Gasteiger partial charge in [-0.1, -0.05) is 0 Å². The molecular weight excluding hydrogens is 215 g/mol. The van der Waals surface area contributed by atoms with Crippen LogP contribution in [0.4, 0.5) is 19.1 Å². The quantitative estimate of drug-likeness (QED) is 0.731. The van der Waals surface area contributed by atoms with Crippen molar-refractivity contribution in [2.45, 2.75) is 19.8 Å². The molecule has 1 aromatic heterocycles. The number of rotatable bonds is 2. The van der Waals surface area contributed by atoms with Crippen molar-refractivity contribution in [1.82, 2.24) is 9.55 Å². The summed E-state index contributed by atoms with van der Waals surface area (Å²) in [6, 6.07) is 0.741. The monoisotopic (exact) mass is 223 g/mol. The topological polar surface area (TPSA) is 67.2 Å². The molecule has 15 heavy (non-hydrogen) atoms. The second-order valence-electron chi connectivity index (χ2n) is 2.64. The third-order valence-electron chi connectivity index (χ3n) is 1.56. The van der Waals surface area contributed by atoms with Gasteiger partial charge in [0.25, 0.3) is 5.56 Å². The molecule has 0 fully saturated rings. The minimum absolute atomic E-state index is 0.0184. The molecule has 0 aromatic carbocycles. The van der Waals surface area contributed by atoms with Crippen molar-refractivity contribution < 1.29 is 18.3 Å². The van der Waals surface area contributed by atoms with Gasteiger partial charge in [0.1, 0.15) is 0 Å². The summed E-state index contributed by atoms with van der Waals surface area (Å²) in [5.74, 6) is -1.48. The molecule has 0 radical (unpaired) electrons. The lowest BCUT2D eigenvalue weighted by atomic mass is 10.5. The lowest BCUT2D eigenvalue weighted by molar-refractivity contribution is -0.101. The van der Waals surface area contributed by atoms with Crippen molar-refractivity contribution in [3.63, 3.8) is 0 Å². The van der Waals surface area contributed by atoms with Gasteiger partial charge < -0.3 is 5.11 Å². The highest BCUT2D eigenvalue weighted by Gasteiger charge is 2.29. The smallest absolute Gasteiger partial charge is 0.484 e. The van der Waals surface area contributed by atoms with Crippen molar-refractivity contribution in [3.05, 3.63) is 16.4 Å². The Balaban J connectivity index is 3.21. The number of alkyl halides is 3. The summed E-state index contributed by atoms with van der Waals surface area (Å²) in [5.41, 5.74) is -0.753. The first-order valence-corrected chi connectivity index (χ1v) is 3.99. The maximum Gasteiger partial charge on any atom is 0.484 e. The third kappa shape index (κ3) is 2.86. The van der Waals surface area contributed by atoms with E-state index >= 15 is 0 Å². The number of aromatic hydroxyl groups is 1. The number of nitrogens with zero attached hydrogens (tertiary/aromatic N) is 2. The van der Waals surface area contributed by atoms with Crippen molar-refractivity contribution in [2.24, 2.45) is 0 Å². The summed E-state index contributed by atoms with van der Waals surface area (Å²) < 4.78 is 36.7. The van der Waals surface area contributed by atoms with Gasteiger partial charge in [-0.2, -0.15) is 18.2 Å². The van der Waals surface area contributed by atoms with Crippen LogP contribution in [0.3, 0.4) is 0 Å². The number of halogens is 3. The van der Waals surface area contributed by atoms with Gasteiger partial charge in [0.05, 0.1) is 6.07 Å². The molecular formula is C7H8F3N3O2. The van der Waals surface area contributed by atoms with Gasteiger partial charge in [-0.05, 0) is 6.92 Å². The van der Waals surface area contributed by atoms with Crippen LogP contribution in [0.5, 0.6) is 5.88 Å². The Kier molecular flexibility index (Phi) is 2.87. The zero-order valence-electron chi connectivity index (χ0n) is 7.67. The Bertz CT molecular complexity index is 413. The first-order chi connectivity index (χ1) is 6.83. The van der Waals surface area contributed by atoms with E-state index in [1.165, 1.54) is 6.92 Å². The average molecular weight is 223 g/mol. The second-order valence-corrected chi connectivity index (χ2v) is 2.64. The minimum Gasteiger partial charge on any atom is -0.493 e. The van der Waals surface area contributed by atoms with Crippen molar-refractivity contribution in [1.29, 1.82) is 0 Å². The van der Waals surface area contributed by atoms with Gasteiger partial charge >= 0.3 is 6.30 Å². The molecule has 0 atom stereocenters. The van der Waals surface area contributed by atoms with E-state index in [2.05, 4.69) is 4.98 Å². The fourth-order valence-corrected chi connectivity index (χ4v) is 1.02. The van der Waals surface area contributed by atoms with Crippen LogP contribution in [0.15, 0.2) is 10.9 Å². The zero-order chi connectivity index (χ0) is 11.6. The number of nitrogens with one attached hydrogen (secondary N) is 1. The average Bonchev–Trinajstić information content (AvgIpc) is 1.99. The molecule has 84 valence electrons. The maximum atomic E-state index is 12.0. The van der Waals surface area contributed by atoms with Crippen molar-refractivity contribution in [2.75, 3.05) is 5.32 Å². The molecule has 8 heteroatoms. The molecule has 0 aliphatic carbocycles. The Hall–Kier alpha value is -1.73. The molecule has 0 aliphatic heterocycles. The maximum absolute atomic E-state index is 12.0. The predicted octanol–water partition coefficient (Wildman–Crippen LogP) is 0.900. The van der Waals surface area contributed by atoms with E-state index in [4.69, 9.17) is 5.11 Å². The van der Waals surface area contributed by atoms with Gasteiger partial charge in [-0.3, -0.25) is 14.7 Å². The van der Waals surface area contributed by atoms with Crippen LogP contribution in [0, 0.1) is 0 Å². The highest BCUT2D eigenvalue weighted by Crippen LogP contribution is 2.18. The van der Waals surface area contributed by atoms with Crippen LogP contribution in [-0.4, -0.2) is 21.0 Å². The lowest BCUT2D eigenvalue weighted by Crippen LogP contribution is -2.29. The molecule has 1 aromatic rings. The summed E-state index contributed by atoms with van der Waals surface area (Å²) in [4.78, 5) is 14.3. The Labute approximate surface area is 82.2 Å². The molecule has 5 nitrogen and oxygen atoms in total. The largest absolute Gasteiger partial charge is 0.493 e. The van der Waals surface area contributed by atoms with Crippen LogP contribution < -0.4 is 10.9 Å². The van der Waals surface area contributed by atoms with E-state index in [9.17, 15) is 18.0 Å².